The van der Waals surface area contributed by atoms with E-state index < -0.39 is 0 Å². The molecule has 1 heterocycles. The predicted molar refractivity (Wildman–Crippen MR) is 65.7 cm³/mol. The molecule has 1 aromatic heterocycles. The van der Waals surface area contributed by atoms with Crippen LogP contribution in [-0.2, 0) is 6.54 Å². The number of benzene rings is 1. The van der Waals surface area contributed by atoms with E-state index in [9.17, 15) is 4.79 Å². The number of anilines is 1. The third kappa shape index (κ3) is 2.84. The van der Waals surface area contributed by atoms with E-state index in [0.29, 0.717) is 6.54 Å². The molecule has 17 heavy (non-hydrogen) atoms. The Morgan fingerprint density at radius 2 is 2.18 bits per heavy atom. The summed E-state index contributed by atoms with van der Waals surface area (Å²) in [6, 6.07) is 9.31. The Morgan fingerprint density at radius 1 is 1.41 bits per heavy atom. The van der Waals surface area contributed by atoms with Crippen LogP contribution in [0.3, 0.4) is 0 Å². The molecule has 1 aromatic carbocycles. The van der Waals surface area contributed by atoms with Gasteiger partial charge in [0.1, 0.15) is 5.82 Å². The lowest BCUT2D eigenvalue weighted by Crippen LogP contribution is -2.37. The van der Waals surface area contributed by atoms with Gasteiger partial charge in [-0.15, -0.1) is 0 Å². The molecule has 0 aliphatic carbocycles. The summed E-state index contributed by atoms with van der Waals surface area (Å²) in [5.41, 5.74) is 0.851. The van der Waals surface area contributed by atoms with Gasteiger partial charge in [0.05, 0.1) is 6.54 Å². The van der Waals surface area contributed by atoms with Crippen molar-refractivity contribution < 1.29 is 4.79 Å². The number of urea groups is 1. The maximum atomic E-state index is 11.8. The number of nitrogens with one attached hydrogen (secondary N) is 2. The van der Waals surface area contributed by atoms with Gasteiger partial charge in [-0.05, 0) is 12.1 Å². The number of hydrogen-bond acceptors (Lipinski definition) is 2. The number of hydrogen-bond donors (Lipinski definition) is 2. The third-order valence-electron chi connectivity index (χ3n) is 2.41. The first kappa shape index (κ1) is 11.2. The minimum Gasteiger partial charge on any atom is -0.347 e. The summed E-state index contributed by atoms with van der Waals surface area (Å²) in [7, 11) is 1.73. The van der Waals surface area contributed by atoms with E-state index in [0.717, 1.165) is 11.5 Å². The zero-order chi connectivity index (χ0) is 12.1. The number of amides is 2. The standard InChI is InChI=1S/C12H14N4O/c1-16(10-5-3-2-4-6-10)12(17)15-9-11-13-7-8-14-11/h2-8H,9H2,1H3,(H,13,14)(H,15,17). The van der Waals surface area contributed by atoms with Crippen molar-refractivity contribution >= 4 is 11.7 Å². The van der Waals surface area contributed by atoms with E-state index in [1.54, 1.807) is 24.3 Å². The first-order valence-corrected chi connectivity index (χ1v) is 5.32. The van der Waals surface area contributed by atoms with Crippen molar-refractivity contribution in [2.24, 2.45) is 0 Å². The summed E-state index contributed by atoms with van der Waals surface area (Å²) in [4.78, 5) is 20.3. The van der Waals surface area contributed by atoms with Crippen LogP contribution in [0.2, 0.25) is 0 Å². The number of para-hydroxylation sites is 1. The quantitative estimate of drug-likeness (QED) is 0.844. The molecule has 0 bridgehead atoms. The molecule has 0 unspecified atom stereocenters. The lowest BCUT2D eigenvalue weighted by Gasteiger charge is -2.17. The summed E-state index contributed by atoms with van der Waals surface area (Å²) in [6.45, 7) is 0.392. The highest BCUT2D eigenvalue weighted by atomic mass is 16.2. The van der Waals surface area contributed by atoms with E-state index in [1.165, 1.54) is 0 Å². The Labute approximate surface area is 99.5 Å². The Bertz CT molecular complexity index is 467. The van der Waals surface area contributed by atoms with Gasteiger partial charge in [0.25, 0.3) is 0 Å². The van der Waals surface area contributed by atoms with Crippen LogP contribution in [0, 0.1) is 0 Å². The Balaban J connectivity index is 1.92. The molecular weight excluding hydrogens is 216 g/mol. The second kappa shape index (κ2) is 5.16. The van der Waals surface area contributed by atoms with Crippen LogP contribution in [0.5, 0.6) is 0 Å². The first-order chi connectivity index (χ1) is 8.27. The van der Waals surface area contributed by atoms with Gasteiger partial charge in [0.15, 0.2) is 0 Å². The molecule has 2 aromatic rings. The van der Waals surface area contributed by atoms with Gasteiger partial charge in [0.2, 0.25) is 0 Å². The van der Waals surface area contributed by atoms with Crippen LogP contribution in [0.25, 0.3) is 0 Å². The Hall–Kier alpha value is -2.30. The summed E-state index contributed by atoms with van der Waals surface area (Å²) in [6.07, 6.45) is 3.38. The minimum atomic E-state index is -0.160. The lowest BCUT2D eigenvalue weighted by atomic mass is 10.3. The fourth-order valence-electron chi connectivity index (χ4n) is 1.44. The number of nitrogens with zero attached hydrogens (tertiary/aromatic N) is 2. The van der Waals surface area contributed by atoms with E-state index >= 15 is 0 Å². The Kier molecular flexibility index (Phi) is 3.40. The fraction of sp³-hybridized carbons (Fsp3) is 0.167. The van der Waals surface area contributed by atoms with Crippen molar-refractivity contribution in [3.05, 3.63) is 48.5 Å². The smallest absolute Gasteiger partial charge is 0.321 e. The first-order valence-electron chi connectivity index (χ1n) is 5.32. The van der Waals surface area contributed by atoms with Crippen molar-refractivity contribution in [2.45, 2.75) is 6.54 Å². The number of aromatic nitrogens is 2. The van der Waals surface area contributed by atoms with Gasteiger partial charge in [-0.2, -0.15) is 0 Å². The predicted octanol–water partition coefficient (Wildman–Crippen LogP) is 1.76. The van der Waals surface area contributed by atoms with Gasteiger partial charge >= 0.3 is 6.03 Å². The van der Waals surface area contributed by atoms with Crippen LogP contribution in [0.4, 0.5) is 10.5 Å². The average molecular weight is 230 g/mol. The summed E-state index contributed by atoms with van der Waals surface area (Å²) in [5, 5.41) is 2.78. The minimum absolute atomic E-state index is 0.160. The monoisotopic (exact) mass is 230 g/mol. The maximum Gasteiger partial charge on any atom is 0.321 e. The second-order valence-corrected chi connectivity index (χ2v) is 3.59. The Morgan fingerprint density at radius 3 is 2.82 bits per heavy atom. The largest absolute Gasteiger partial charge is 0.347 e. The molecule has 5 heteroatoms. The lowest BCUT2D eigenvalue weighted by molar-refractivity contribution is 0.247. The normalized spacial score (nSPS) is 9.94. The number of H-pyrrole nitrogens is 1. The fourth-order valence-corrected chi connectivity index (χ4v) is 1.44. The highest BCUT2D eigenvalue weighted by molar-refractivity contribution is 5.91. The molecule has 0 spiro atoms. The van der Waals surface area contributed by atoms with Crippen molar-refractivity contribution in [3.63, 3.8) is 0 Å². The van der Waals surface area contributed by atoms with E-state index in [-0.39, 0.29) is 6.03 Å². The van der Waals surface area contributed by atoms with Gasteiger partial charge < -0.3 is 10.3 Å². The third-order valence-corrected chi connectivity index (χ3v) is 2.41. The van der Waals surface area contributed by atoms with Crippen LogP contribution < -0.4 is 10.2 Å². The van der Waals surface area contributed by atoms with Crippen molar-refractivity contribution in [1.29, 1.82) is 0 Å². The molecule has 0 fully saturated rings. The zero-order valence-electron chi connectivity index (χ0n) is 9.55. The molecule has 2 N–H and O–H groups in total. The van der Waals surface area contributed by atoms with Crippen LogP contribution in [0.15, 0.2) is 42.7 Å². The summed E-state index contributed by atoms with van der Waals surface area (Å²) < 4.78 is 0. The summed E-state index contributed by atoms with van der Waals surface area (Å²) in [5.74, 6) is 0.736. The van der Waals surface area contributed by atoms with Gasteiger partial charge in [-0.1, -0.05) is 18.2 Å². The molecule has 0 saturated heterocycles. The zero-order valence-corrected chi connectivity index (χ0v) is 9.55. The molecule has 5 nitrogen and oxygen atoms in total. The number of rotatable bonds is 3. The molecular formula is C12H14N4O. The van der Waals surface area contributed by atoms with E-state index in [4.69, 9.17) is 0 Å². The molecule has 0 aliphatic rings. The second-order valence-electron chi connectivity index (χ2n) is 3.59. The average Bonchev–Trinajstić information content (AvgIpc) is 2.89. The van der Waals surface area contributed by atoms with Crippen molar-refractivity contribution in [2.75, 3.05) is 11.9 Å². The number of carbonyl (C=O) groups is 1. The highest BCUT2D eigenvalue weighted by Crippen LogP contribution is 2.10. The number of aromatic amines is 1. The van der Waals surface area contributed by atoms with Crippen molar-refractivity contribution in [3.8, 4) is 0 Å². The maximum absolute atomic E-state index is 11.8. The van der Waals surface area contributed by atoms with E-state index in [2.05, 4.69) is 15.3 Å². The molecule has 0 saturated carbocycles. The number of carbonyl (C=O) groups excluding carboxylic acids is 1. The van der Waals surface area contributed by atoms with Gasteiger partial charge in [-0.3, -0.25) is 4.90 Å². The van der Waals surface area contributed by atoms with Crippen LogP contribution in [0.1, 0.15) is 5.82 Å². The molecule has 2 amide bonds. The highest BCUT2D eigenvalue weighted by Gasteiger charge is 2.09. The molecule has 0 atom stereocenters. The topological polar surface area (TPSA) is 61.0 Å². The van der Waals surface area contributed by atoms with Crippen LogP contribution in [-0.4, -0.2) is 23.0 Å². The van der Waals surface area contributed by atoms with Crippen LogP contribution >= 0.6 is 0 Å². The number of imidazole rings is 1. The molecule has 0 radical (unpaired) electrons. The SMILES string of the molecule is CN(C(=O)NCc1ncc[nH]1)c1ccccc1. The van der Waals surface area contributed by atoms with Gasteiger partial charge in [0, 0.05) is 25.1 Å². The van der Waals surface area contributed by atoms with Gasteiger partial charge in [-0.25, -0.2) is 9.78 Å². The molecule has 88 valence electrons. The van der Waals surface area contributed by atoms with E-state index in [1.807, 2.05) is 30.3 Å². The molecule has 0 aliphatic heterocycles. The van der Waals surface area contributed by atoms with Crippen molar-refractivity contribution in [1.82, 2.24) is 15.3 Å². The summed E-state index contributed by atoms with van der Waals surface area (Å²) >= 11 is 0. The molecule has 2 rings (SSSR count).